The minimum absolute atomic E-state index is 0.0251. The predicted molar refractivity (Wildman–Crippen MR) is 141 cm³/mol. The summed E-state index contributed by atoms with van der Waals surface area (Å²) in [6, 6.07) is 21.7. The third kappa shape index (κ3) is 4.55. The highest BCUT2D eigenvalue weighted by molar-refractivity contribution is 6.06. The quantitative estimate of drug-likeness (QED) is 0.334. The molecule has 0 bridgehead atoms. The number of methoxy groups -OCH3 is 2. The number of ether oxygens (including phenoxy) is 2. The maximum Gasteiger partial charge on any atom is 0.273 e. The molecule has 4 aromatic rings. The molecule has 1 aliphatic rings. The van der Waals surface area contributed by atoms with E-state index in [1.807, 2.05) is 77.7 Å². The van der Waals surface area contributed by atoms with E-state index in [1.54, 1.807) is 32.9 Å². The van der Waals surface area contributed by atoms with Crippen LogP contribution >= 0.6 is 0 Å². The van der Waals surface area contributed by atoms with E-state index in [0.717, 1.165) is 39.5 Å². The third-order valence-electron chi connectivity index (χ3n) is 6.29. The van der Waals surface area contributed by atoms with Crippen LogP contribution in [0.4, 0.5) is 11.4 Å². The maximum absolute atomic E-state index is 14.0. The van der Waals surface area contributed by atoms with Gasteiger partial charge in [-0.1, -0.05) is 30.3 Å². The van der Waals surface area contributed by atoms with Crippen molar-refractivity contribution >= 4 is 23.4 Å². The summed E-state index contributed by atoms with van der Waals surface area (Å²) in [4.78, 5) is 20.1. The number of carbonyl (C=O) groups excluding carboxylic acids is 1. The fourth-order valence-corrected chi connectivity index (χ4v) is 4.57. The first kappa shape index (κ1) is 23.2. The van der Waals surface area contributed by atoms with Crippen molar-refractivity contribution in [3.63, 3.8) is 0 Å². The number of hydrogen-bond donors (Lipinski definition) is 1. The Labute approximate surface area is 210 Å². The summed E-state index contributed by atoms with van der Waals surface area (Å²) in [6.07, 6.45) is 7.09. The number of nitrogens with one attached hydrogen (secondary N) is 1. The molecule has 2 aromatic carbocycles. The lowest BCUT2D eigenvalue weighted by Gasteiger charge is -2.30. The Hall–Kier alpha value is -4.52. The summed E-state index contributed by atoms with van der Waals surface area (Å²) in [5, 5.41) is 3.55. The Balaban J connectivity index is 1.62. The van der Waals surface area contributed by atoms with Gasteiger partial charge in [0.1, 0.15) is 11.4 Å². The zero-order valence-electron chi connectivity index (χ0n) is 20.3. The molecule has 3 heterocycles. The zero-order chi connectivity index (χ0) is 24.9. The minimum atomic E-state index is -0.0251. The van der Waals surface area contributed by atoms with Gasteiger partial charge in [-0.2, -0.15) is 0 Å². The maximum atomic E-state index is 14.0. The van der Waals surface area contributed by atoms with Gasteiger partial charge in [0.2, 0.25) is 0 Å². The number of pyridine rings is 1. The molecule has 0 atom stereocenters. The first-order chi connectivity index (χ1) is 17.7. The van der Waals surface area contributed by atoms with E-state index >= 15 is 0 Å². The Morgan fingerprint density at radius 1 is 0.972 bits per heavy atom. The number of aromatic nitrogens is 2. The van der Waals surface area contributed by atoms with Gasteiger partial charge in [0, 0.05) is 43.3 Å². The lowest BCUT2D eigenvalue weighted by molar-refractivity contribution is 0.0692. The van der Waals surface area contributed by atoms with E-state index in [9.17, 15) is 4.79 Å². The zero-order valence-corrected chi connectivity index (χ0v) is 20.3. The molecule has 0 saturated heterocycles. The van der Waals surface area contributed by atoms with Gasteiger partial charge in [-0.15, -0.1) is 0 Å². The summed E-state index contributed by atoms with van der Waals surface area (Å²) in [5.74, 6) is 0.770. The Bertz CT molecular complexity index is 1360. The summed E-state index contributed by atoms with van der Waals surface area (Å²) < 4.78 is 12.6. The molecule has 0 unspecified atom stereocenters. The van der Waals surface area contributed by atoms with Crippen LogP contribution in [0, 0.1) is 0 Å². The van der Waals surface area contributed by atoms with Crippen LogP contribution in [0.5, 0.6) is 5.75 Å². The van der Waals surface area contributed by atoms with Crippen LogP contribution < -0.4 is 10.1 Å². The summed E-state index contributed by atoms with van der Waals surface area (Å²) in [6.45, 7) is 1.78. The van der Waals surface area contributed by atoms with Gasteiger partial charge in [0.25, 0.3) is 5.91 Å². The Morgan fingerprint density at radius 3 is 2.42 bits per heavy atom. The molecule has 1 aliphatic heterocycles. The predicted octanol–water partition coefficient (Wildman–Crippen LogP) is 5.58. The molecule has 1 N–H and O–H groups in total. The molecule has 5 rings (SSSR count). The van der Waals surface area contributed by atoms with Crippen molar-refractivity contribution in [3.8, 4) is 16.9 Å². The number of amides is 1. The normalized spacial score (nSPS) is 13.1. The van der Waals surface area contributed by atoms with Crippen LogP contribution in [0.3, 0.4) is 0 Å². The van der Waals surface area contributed by atoms with Gasteiger partial charge in [0.15, 0.2) is 0 Å². The number of anilines is 2. The molecule has 2 aromatic heterocycles. The van der Waals surface area contributed by atoms with Crippen molar-refractivity contribution in [2.75, 3.05) is 26.1 Å². The number of benzene rings is 2. The highest BCUT2D eigenvalue weighted by Crippen LogP contribution is 2.41. The van der Waals surface area contributed by atoms with E-state index in [0.29, 0.717) is 25.3 Å². The van der Waals surface area contributed by atoms with Crippen molar-refractivity contribution < 1.29 is 14.3 Å². The molecule has 0 spiro atoms. The van der Waals surface area contributed by atoms with Crippen LogP contribution in [0.2, 0.25) is 0 Å². The van der Waals surface area contributed by atoms with E-state index < -0.39 is 0 Å². The van der Waals surface area contributed by atoms with Gasteiger partial charge >= 0.3 is 0 Å². The molecule has 0 radical (unpaired) electrons. The first-order valence-electron chi connectivity index (χ1n) is 11.8. The lowest BCUT2D eigenvalue weighted by Crippen LogP contribution is -2.40. The average molecular weight is 481 g/mol. The van der Waals surface area contributed by atoms with E-state index in [1.165, 1.54) is 0 Å². The van der Waals surface area contributed by atoms with E-state index in [-0.39, 0.29) is 5.91 Å². The monoisotopic (exact) mass is 480 g/mol. The number of rotatable bonds is 8. The van der Waals surface area contributed by atoms with Crippen molar-refractivity contribution in [2.45, 2.75) is 13.1 Å². The number of para-hydroxylation sites is 1. The minimum Gasteiger partial charge on any atom is -0.504 e. The fourth-order valence-electron chi connectivity index (χ4n) is 4.57. The van der Waals surface area contributed by atoms with Crippen molar-refractivity contribution in [3.05, 3.63) is 102 Å². The smallest absolute Gasteiger partial charge is 0.273 e. The van der Waals surface area contributed by atoms with E-state index in [2.05, 4.69) is 14.9 Å². The van der Waals surface area contributed by atoms with Crippen molar-refractivity contribution in [1.29, 1.82) is 0 Å². The van der Waals surface area contributed by atoms with Crippen LogP contribution in [0.25, 0.3) is 17.2 Å². The average Bonchev–Trinajstić information content (AvgIpc) is 3.23. The molecule has 182 valence electrons. The van der Waals surface area contributed by atoms with Crippen LogP contribution in [0.1, 0.15) is 21.7 Å². The largest absolute Gasteiger partial charge is 0.504 e. The molecule has 0 saturated carbocycles. The number of hydrogen-bond acceptors (Lipinski definition) is 5. The van der Waals surface area contributed by atoms with Gasteiger partial charge in [-0.25, -0.2) is 0 Å². The van der Waals surface area contributed by atoms with Gasteiger partial charge in [-0.3, -0.25) is 9.78 Å². The Kier molecular flexibility index (Phi) is 6.71. The summed E-state index contributed by atoms with van der Waals surface area (Å²) in [7, 11) is 3.27. The van der Waals surface area contributed by atoms with E-state index in [4.69, 9.17) is 9.47 Å². The molecule has 36 heavy (non-hydrogen) atoms. The standard InChI is InChI=1S/C29H28N4O3/c1-35-19-14-25-26(22-12-15-30-16-13-22)27(31-23-6-4-3-5-7-23)28-29(34)32(17-18-33(25)28)20-21-8-10-24(36-2)11-9-21/h3-16,19,31H,17-18,20H2,1-2H3/b19-14+. The lowest BCUT2D eigenvalue weighted by atomic mass is 10.0. The second-order valence-electron chi connectivity index (χ2n) is 8.48. The molecular weight excluding hydrogens is 452 g/mol. The second kappa shape index (κ2) is 10.4. The summed E-state index contributed by atoms with van der Waals surface area (Å²) in [5.41, 5.74) is 6.17. The fraction of sp³-hybridized carbons (Fsp3) is 0.172. The van der Waals surface area contributed by atoms with Crippen LogP contribution in [0.15, 0.2) is 85.4 Å². The van der Waals surface area contributed by atoms with Crippen LogP contribution in [-0.4, -0.2) is 41.1 Å². The highest BCUT2D eigenvalue weighted by atomic mass is 16.5. The number of fused-ring (bicyclic) bond motifs is 1. The summed E-state index contributed by atoms with van der Waals surface area (Å²) >= 11 is 0. The van der Waals surface area contributed by atoms with Crippen LogP contribution in [-0.2, 0) is 17.8 Å². The van der Waals surface area contributed by atoms with Gasteiger partial charge in [0.05, 0.1) is 31.9 Å². The van der Waals surface area contributed by atoms with Gasteiger partial charge < -0.3 is 24.3 Å². The second-order valence-corrected chi connectivity index (χ2v) is 8.48. The number of nitrogens with zero attached hydrogens (tertiary/aromatic N) is 3. The SMILES string of the molecule is CO/C=C/c1c(-c2ccncc2)c(Nc2ccccc2)c2n1CCN(Cc1ccc(OC)cc1)C2=O. The first-order valence-corrected chi connectivity index (χ1v) is 11.8. The van der Waals surface area contributed by atoms with Crippen molar-refractivity contribution in [1.82, 2.24) is 14.5 Å². The number of carbonyl (C=O) groups is 1. The molecule has 7 nitrogen and oxygen atoms in total. The molecule has 7 heteroatoms. The highest BCUT2D eigenvalue weighted by Gasteiger charge is 2.33. The van der Waals surface area contributed by atoms with Crippen molar-refractivity contribution in [2.24, 2.45) is 0 Å². The molecule has 0 fully saturated rings. The third-order valence-corrected chi connectivity index (χ3v) is 6.29. The molecular formula is C29H28N4O3. The Morgan fingerprint density at radius 2 is 1.72 bits per heavy atom. The topological polar surface area (TPSA) is 68.6 Å². The molecule has 1 amide bonds. The van der Waals surface area contributed by atoms with Gasteiger partial charge in [-0.05, 0) is 53.6 Å². The molecule has 0 aliphatic carbocycles.